The van der Waals surface area contributed by atoms with Gasteiger partial charge in [0.25, 0.3) is 5.91 Å². The van der Waals surface area contributed by atoms with Gasteiger partial charge in [0.1, 0.15) is 0 Å². The molecule has 4 nitrogen and oxygen atoms in total. The number of carbonyl (C=O) groups is 2. The van der Waals surface area contributed by atoms with Gasteiger partial charge in [0, 0.05) is 22.7 Å². The van der Waals surface area contributed by atoms with Crippen molar-refractivity contribution >= 4 is 22.6 Å². The summed E-state index contributed by atoms with van der Waals surface area (Å²) >= 11 is 0. The largest absolute Gasteiger partial charge is 0.363 e. The van der Waals surface area contributed by atoms with Crippen molar-refractivity contribution in [2.24, 2.45) is 5.73 Å². The van der Waals surface area contributed by atoms with Crippen LogP contribution in [0.2, 0.25) is 0 Å². The Morgan fingerprint density at radius 2 is 2.00 bits per heavy atom. The molecule has 0 aliphatic rings. The second-order valence-corrected chi connectivity index (χ2v) is 2.97. The first-order valence-electron chi connectivity index (χ1n) is 4.10. The number of nitrogens with one attached hydrogen (secondary N) is 1. The van der Waals surface area contributed by atoms with Crippen LogP contribution < -0.4 is 5.73 Å². The van der Waals surface area contributed by atoms with Gasteiger partial charge in [0.15, 0.2) is 0 Å². The van der Waals surface area contributed by atoms with E-state index in [2.05, 4.69) is 4.98 Å². The van der Waals surface area contributed by atoms with Gasteiger partial charge in [-0.25, -0.2) is 0 Å². The molecule has 14 heavy (non-hydrogen) atoms. The fraction of sp³-hybridized carbons (Fsp3) is 0. The molecule has 0 fully saturated rings. The summed E-state index contributed by atoms with van der Waals surface area (Å²) in [5, 5.41) is 0.886. The molecule has 0 unspecified atom stereocenters. The molecule has 0 bridgehead atoms. The summed E-state index contributed by atoms with van der Waals surface area (Å²) in [5.74, 6) is -1.59. The van der Waals surface area contributed by atoms with Crippen LogP contribution in [0, 0.1) is 0 Å². The zero-order chi connectivity index (χ0) is 10.1. The molecule has 0 spiro atoms. The van der Waals surface area contributed by atoms with Gasteiger partial charge >= 0.3 is 0 Å². The number of rotatable bonds is 2. The number of H-pyrrole nitrogens is 1. The minimum absolute atomic E-state index is 0.324. The summed E-state index contributed by atoms with van der Waals surface area (Å²) in [5.41, 5.74) is 6.14. The maximum Gasteiger partial charge on any atom is 0.289 e. The van der Waals surface area contributed by atoms with E-state index in [0.29, 0.717) is 5.56 Å². The van der Waals surface area contributed by atoms with Crippen molar-refractivity contribution in [1.82, 2.24) is 4.98 Å². The second kappa shape index (κ2) is 2.99. The van der Waals surface area contributed by atoms with Gasteiger partial charge in [0.2, 0.25) is 5.78 Å². The smallest absolute Gasteiger partial charge is 0.289 e. The number of benzene rings is 1. The minimum atomic E-state index is -0.931. The zero-order valence-corrected chi connectivity index (χ0v) is 7.28. The molecule has 2 aromatic rings. The molecule has 0 atom stereocenters. The molecule has 1 aromatic heterocycles. The summed E-state index contributed by atoms with van der Waals surface area (Å²) in [4.78, 5) is 24.9. The number of nitrogens with two attached hydrogens (primary N) is 1. The number of amides is 1. The van der Waals surface area contributed by atoms with Crippen LogP contribution in [-0.2, 0) is 4.79 Å². The Bertz CT molecular complexity index is 514. The lowest BCUT2D eigenvalue weighted by Crippen LogP contribution is -2.22. The standard InChI is InChI=1S/C10H8N2O2/c11-10(14)9(13)7-1-2-8-6(5-7)3-4-12-8/h1-5,12H,(H2,11,14). The molecule has 2 rings (SSSR count). The number of hydrogen-bond acceptors (Lipinski definition) is 2. The van der Waals surface area contributed by atoms with E-state index in [0.717, 1.165) is 10.9 Å². The number of aromatic amines is 1. The number of carbonyl (C=O) groups excluding carboxylic acids is 2. The first-order valence-corrected chi connectivity index (χ1v) is 4.10. The van der Waals surface area contributed by atoms with Crippen LogP contribution in [-0.4, -0.2) is 16.7 Å². The van der Waals surface area contributed by atoms with Gasteiger partial charge in [-0.05, 0) is 24.3 Å². The second-order valence-electron chi connectivity index (χ2n) is 2.97. The molecular formula is C10H8N2O2. The van der Waals surface area contributed by atoms with Crippen molar-refractivity contribution < 1.29 is 9.59 Å². The molecule has 1 heterocycles. The number of primary amides is 1. The molecular weight excluding hydrogens is 180 g/mol. The van der Waals surface area contributed by atoms with Crippen LogP contribution in [0.5, 0.6) is 0 Å². The van der Waals surface area contributed by atoms with Crippen molar-refractivity contribution in [1.29, 1.82) is 0 Å². The molecule has 0 saturated heterocycles. The Morgan fingerprint density at radius 3 is 2.71 bits per heavy atom. The summed E-state index contributed by atoms with van der Waals surface area (Å²) < 4.78 is 0. The van der Waals surface area contributed by atoms with Crippen LogP contribution >= 0.6 is 0 Å². The van der Waals surface area contributed by atoms with E-state index in [9.17, 15) is 9.59 Å². The Labute approximate surface area is 79.7 Å². The maximum atomic E-state index is 11.2. The molecule has 0 aliphatic carbocycles. The maximum absolute atomic E-state index is 11.2. The highest BCUT2D eigenvalue weighted by atomic mass is 16.2. The van der Waals surface area contributed by atoms with E-state index < -0.39 is 11.7 Å². The van der Waals surface area contributed by atoms with E-state index in [-0.39, 0.29) is 0 Å². The van der Waals surface area contributed by atoms with Crippen LogP contribution in [0.1, 0.15) is 10.4 Å². The fourth-order valence-electron chi connectivity index (χ4n) is 1.34. The van der Waals surface area contributed by atoms with Gasteiger partial charge < -0.3 is 10.7 Å². The van der Waals surface area contributed by atoms with Gasteiger partial charge in [-0.2, -0.15) is 0 Å². The minimum Gasteiger partial charge on any atom is -0.363 e. The molecule has 70 valence electrons. The fourth-order valence-corrected chi connectivity index (χ4v) is 1.34. The lowest BCUT2D eigenvalue weighted by Gasteiger charge is -1.96. The molecule has 0 radical (unpaired) electrons. The van der Waals surface area contributed by atoms with E-state index in [1.54, 1.807) is 24.4 Å². The molecule has 1 aromatic carbocycles. The van der Waals surface area contributed by atoms with Crippen molar-refractivity contribution in [3.8, 4) is 0 Å². The SMILES string of the molecule is NC(=O)C(=O)c1ccc2[nH]ccc2c1. The predicted octanol–water partition coefficient (Wildman–Crippen LogP) is 0.836. The van der Waals surface area contributed by atoms with E-state index in [1.165, 1.54) is 0 Å². The Balaban J connectivity index is 2.54. The number of Topliss-reactive ketones (excluding diaryl/α,β-unsaturated/α-hetero) is 1. The van der Waals surface area contributed by atoms with Crippen LogP contribution in [0.4, 0.5) is 0 Å². The normalized spacial score (nSPS) is 10.3. The van der Waals surface area contributed by atoms with Crippen LogP contribution in [0.3, 0.4) is 0 Å². The summed E-state index contributed by atoms with van der Waals surface area (Å²) in [7, 11) is 0. The van der Waals surface area contributed by atoms with Crippen molar-refractivity contribution in [2.45, 2.75) is 0 Å². The molecule has 1 amide bonds. The van der Waals surface area contributed by atoms with Crippen molar-refractivity contribution in [3.05, 3.63) is 36.0 Å². The van der Waals surface area contributed by atoms with Crippen LogP contribution in [0.15, 0.2) is 30.5 Å². The van der Waals surface area contributed by atoms with E-state index in [1.807, 2.05) is 6.07 Å². The van der Waals surface area contributed by atoms with Crippen molar-refractivity contribution in [3.63, 3.8) is 0 Å². The summed E-state index contributed by atoms with van der Waals surface area (Å²) in [6.07, 6.45) is 1.77. The molecule has 4 heteroatoms. The topological polar surface area (TPSA) is 76.0 Å². The quantitative estimate of drug-likeness (QED) is 0.541. The Morgan fingerprint density at radius 1 is 1.21 bits per heavy atom. The molecule has 0 aliphatic heterocycles. The average Bonchev–Trinajstić information content (AvgIpc) is 2.62. The number of aromatic nitrogens is 1. The third-order valence-electron chi connectivity index (χ3n) is 2.04. The van der Waals surface area contributed by atoms with Gasteiger partial charge in [0.05, 0.1) is 0 Å². The first kappa shape index (κ1) is 8.50. The Kier molecular flexibility index (Phi) is 1.81. The lowest BCUT2D eigenvalue weighted by atomic mass is 10.1. The van der Waals surface area contributed by atoms with E-state index in [4.69, 9.17) is 5.73 Å². The number of ketones is 1. The highest BCUT2D eigenvalue weighted by molar-refractivity contribution is 6.42. The highest BCUT2D eigenvalue weighted by Crippen LogP contribution is 2.14. The lowest BCUT2D eigenvalue weighted by molar-refractivity contribution is -0.114. The summed E-state index contributed by atoms with van der Waals surface area (Å²) in [6, 6.07) is 6.78. The average molecular weight is 188 g/mol. The first-order chi connectivity index (χ1) is 6.68. The number of fused-ring (bicyclic) bond motifs is 1. The number of hydrogen-bond donors (Lipinski definition) is 2. The van der Waals surface area contributed by atoms with Crippen molar-refractivity contribution in [2.75, 3.05) is 0 Å². The zero-order valence-electron chi connectivity index (χ0n) is 7.28. The summed E-state index contributed by atoms with van der Waals surface area (Å²) in [6.45, 7) is 0. The third kappa shape index (κ3) is 1.26. The van der Waals surface area contributed by atoms with Gasteiger partial charge in [-0.1, -0.05) is 0 Å². The monoisotopic (exact) mass is 188 g/mol. The molecule has 0 saturated carbocycles. The van der Waals surface area contributed by atoms with Gasteiger partial charge in [-0.15, -0.1) is 0 Å². The van der Waals surface area contributed by atoms with Gasteiger partial charge in [-0.3, -0.25) is 9.59 Å². The highest BCUT2D eigenvalue weighted by Gasteiger charge is 2.12. The molecule has 3 N–H and O–H groups in total. The Hall–Kier alpha value is -2.10. The predicted molar refractivity (Wildman–Crippen MR) is 51.8 cm³/mol. The third-order valence-corrected chi connectivity index (χ3v) is 2.04. The van der Waals surface area contributed by atoms with Crippen LogP contribution in [0.25, 0.3) is 10.9 Å². The van der Waals surface area contributed by atoms with E-state index >= 15 is 0 Å².